The summed E-state index contributed by atoms with van der Waals surface area (Å²) in [6, 6.07) is 9.80. The maximum absolute atomic E-state index is 15.6. The van der Waals surface area contributed by atoms with Crippen LogP contribution in [0, 0.1) is 5.82 Å². The van der Waals surface area contributed by atoms with Crippen LogP contribution in [-0.2, 0) is 6.54 Å². The number of fused-ring (bicyclic) bond motifs is 1. The van der Waals surface area contributed by atoms with Crippen LogP contribution in [0.2, 0.25) is 0 Å². The summed E-state index contributed by atoms with van der Waals surface area (Å²) in [4.78, 5) is 18.6. The summed E-state index contributed by atoms with van der Waals surface area (Å²) in [7, 11) is 0. The lowest BCUT2D eigenvalue weighted by atomic mass is 9.92. The first-order chi connectivity index (χ1) is 15.0. The average molecular weight is 421 g/mol. The number of likely N-dealkylation sites (tertiary alicyclic amines) is 1. The van der Waals surface area contributed by atoms with E-state index in [9.17, 15) is 9.18 Å². The minimum atomic E-state index is -1.44. The highest BCUT2D eigenvalue weighted by Gasteiger charge is 2.37. The van der Waals surface area contributed by atoms with E-state index in [1.807, 2.05) is 22.9 Å². The number of rotatable bonds is 4. The van der Waals surface area contributed by atoms with Gasteiger partial charge in [-0.1, -0.05) is 12.1 Å². The molecule has 1 aliphatic heterocycles. The van der Waals surface area contributed by atoms with Gasteiger partial charge in [-0.15, -0.1) is 0 Å². The van der Waals surface area contributed by atoms with Crippen molar-refractivity contribution in [2.75, 3.05) is 13.1 Å². The molecule has 6 nitrogen and oxygen atoms in total. The largest absolute Gasteiger partial charge is 0.343 e. The molecule has 0 spiro atoms. The molecule has 0 atom stereocenters. The number of H-pyrrole nitrogens is 1. The molecule has 1 N–H and O–H groups in total. The third kappa shape index (κ3) is 3.69. The fraction of sp³-hybridized carbons (Fsp3) is 0.261. The molecule has 3 aromatic heterocycles. The first-order valence-electron chi connectivity index (χ1n) is 10.2. The van der Waals surface area contributed by atoms with Crippen LogP contribution in [0.4, 0.5) is 8.78 Å². The smallest absolute Gasteiger partial charge is 0.256 e. The first kappa shape index (κ1) is 19.4. The van der Waals surface area contributed by atoms with Crippen molar-refractivity contribution in [3.05, 3.63) is 72.6 Å². The summed E-state index contributed by atoms with van der Waals surface area (Å²) < 4.78 is 31.4. The molecule has 158 valence electrons. The predicted octanol–water partition coefficient (Wildman–Crippen LogP) is 4.21. The van der Waals surface area contributed by atoms with E-state index in [1.165, 1.54) is 17.0 Å². The van der Waals surface area contributed by atoms with Crippen molar-refractivity contribution in [3.63, 3.8) is 0 Å². The second-order valence-corrected chi connectivity index (χ2v) is 7.98. The molecule has 0 bridgehead atoms. The van der Waals surface area contributed by atoms with Gasteiger partial charge in [0.2, 0.25) is 0 Å². The van der Waals surface area contributed by atoms with Crippen LogP contribution in [0.25, 0.3) is 22.2 Å². The Bertz CT molecular complexity index is 1230. The number of aromatic nitrogens is 4. The number of halogens is 2. The Morgan fingerprint density at radius 2 is 1.97 bits per heavy atom. The Kier molecular flexibility index (Phi) is 4.77. The van der Waals surface area contributed by atoms with E-state index in [0.717, 1.165) is 22.2 Å². The summed E-state index contributed by atoms with van der Waals surface area (Å²) in [6.07, 6.45) is 7.50. The number of piperidine rings is 1. The van der Waals surface area contributed by atoms with E-state index in [4.69, 9.17) is 0 Å². The third-order valence-corrected chi connectivity index (χ3v) is 5.96. The van der Waals surface area contributed by atoms with Crippen molar-refractivity contribution >= 4 is 16.8 Å². The molecule has 0 radical (unpaired) electrons. The Morgan fingerprint density at radius 1 is 1.16 bits per heavy atom. The fourth-order valence-corrected chi connectivity index (χ4v) is 4.15. The molecule has 8 heteroatoms. The lowest BCUT2D eigenvalue weighted by Gasteiger charge is -2.36. The van der Waals surface area contributed by atoms with Crippen LogP contribution in [0.5, 0.6) is 0 Å². The topological polar surface area (TPSA) is 66.8 Å². The maximum Gasteiger partial charge on any atom is 0.256 e. The van der Waals surface area contributed by atoms with Gasteiger partial charge in [0.1, 0.15) is 11.5 Å². The zero-order valence-electron chi connectivity index (χ0n) is 16.8. The molecule has 31 heavy (non-hydrogen) atoms. The van der Waals surface area contributed by atoms with Gasteiger partial charge >= 0.3 is 0 Å². The average Bonchev–Trinajstić information content (AvgIpc) is 3.44. The summed E-state index contributed by atoms with van der Waals surface area (Å²) >= 11 is 0. The summed E-state index contributed by atoms with van der Waals surface area (Å²) in [5.74, 6) is -0.937. The molecule has 1 amide bonds. The Labute approximate surface area is 177 Å². The number of hydrogen-bond acceptors (Lipinski definition) is 3. The van der Waals surface area contributed by atoms with Gasteiger partial charge in [0.15, 0.2) is 0 Å². The zero-order valence-corrected chi connectivity index (χ0v) is 16.8. The van der Waals surface area contributed by atoms with Gasteiger partial charge in [0.05, 0.1) is 35.7 Å². The van der Waals surface area contributed by atoms with Crippen molar-refractivity contribution in [3.8, 4) is 11.3 Å². The van der Waals surface area contributed by atoms with Crippen molar-refractivity contribution in [2.24, 2.45) is 0 Å². The van der Waals surface area contributed by atoms with Gasteiger partial charge < -0.3 is 9.47 Å². The molecule has 0 saturated carbocycles. The number of amides is 1. The van der Waals surface area contributed by atoms with Gasteiger partial charge in [-0.05, 0) is 24.3 Å². The number of nitrogens with one attached hydrogen (secondary N) is 1. The zero-order chi connectivity index (χ0) is 21.4. The maximum atomic E-state index is 15.6. The van der Waals surface area contributed by atoms with Gasteiger partial charge in [-0.25, -0.2) is 8.78 Å². The van der Waals surface area contributed by atoms with E-state index in [1.54, 1.807) is 30.7 Å². The van der Waals surface area contributed by atoms with Crippen LogP contribution in [0.1, 0.15) is 23.2 Å². The Morgan fingerprint density at radius 3 is 2.71 bits per heavy atom. The molecule has 1 aliphatic rings. The molecular formula is C23H21F2N5O. The normalized spacial score (nSPS) is 16.0. The van der Waals surface area contributed by atoms with Crippen molar-refractivity contribution in [2.45, 2.75) is 25.1 Å². The molecule has 1 fully saturated rings. The van der Waals surface area contributed by atoms with Crippen molar-refractivity contribution in [1.29, 1.82) is 0 Å². The highest BCUT2D eigenvalue weighted by Crippen LogP contribution is 2.31. The number of alkyl halides is 1. The van der Waals surface area contributed by atoms with E-state index in [-0.39, 0.29) is 43.9 Å². The molecule has 0 aliphatic carbocycles. The highest BCUT2D eigenvalue weighted by molar-refractivity contribution is 5.94. The standard InChI is InChI=1S/C23H21F2N5O/c24-19-4-2-1-3-18(19)22(31)29-9-6-23(25,7-10-29)15-30-8-5-16-11-20(26-14-21(16)30)17-12-27-28-13-17/h1-5,8,11-14H,6-7,9-10,15H2,(H,27,28). The second-order valence-electron chi connectivity index (χ2n) is 7.98. The second kappa shape index (κ2) is 7.61. The number of carbonyl (C=O) groups excluding carboxylic acids is 1. The van der Waals surface area contributed by atoms with Gasteiger partial charge in [0.25, 0.3) is 5.91 Å². The predicted molar refractivity (Wildman–Crippen MR) is 113 cm³/mol. The SMILES string of the molecule is O=C(c1ccccc1F)N1CCC(F)(Cn2ccc3cc(-c4cn[nH]c4)ncc32)CC1. The number of carbonyl (C=O) groups is 1. The van der Waals surface area contributed by atoms with Crippen molar-refractivity contribution < 1.29 is 13.6 Å². The lowest BCUT2D eigenvalue weighted by Crippen LogP contribution is -2.46. The van der Waals surface area contributed by atoms with Crippen LogP contribution in [0.15, 0.2) is 61.2 Å². The van der Waals surface area contributed by atoms with Gasteiger partial charge in [-0.2, -0.15) is 5.10 Å². The third-order valence-electron chi connectivity index (χ3n) is 5.96. The molecule has 5 rings (SSSR count). The molecule has 4 heterocycles. The summed E-state index contributed by atoms with van der Waals surface area (Å²) in [6.45, 7) is 0.697. The number of nitrogens with zero attached hydrogens (tertiary/aromatic N) is 4. The van der Waals surface area contributed by atoms with Crippen LogP contribution >= 0.6 is 0 Å². The molecule has 1 aromatic carbocycles. The summed E-state index contributed by atoms with van der Waals surface area (Å²) in [5.41, 5.74) is 1.14. The molecule has 1 saturated heterocycles. The molecule has 0 unspecified atom stereocenters. The molecule has 4 aromatic rings. The number of aromatic amines is 1. The Hall–Kier alpha value is -3.55. The first-order valence-corrected chi connectivity index (χ1v) is 10.2. The van der Waals surface area contributed by atoms with Crippen molar-refractivity contribution in [1.82, 2.24) is 24.6 Å². The fourth-order valence-electron chi connectivity index (χ4n) is 4.15. The van der Waals surface area contributed by atoms with E-state index >= 15 is 4.39 Å². The minimum Gasteiger partial charge on any atom is -0.343 e. The van der Waals surface area contributed by atoms with Gasteiger partial charge in [0, 0.05) is 49.3 Å². The Balaban J connectivity index is 1.29. The summed E-state index contributed by atoms with van der Waals surface area (Å²) in [5, 5.41) is 7.69. The highest BCUT2D eigenvalue weighted by atomic mass is 19.1. The van der Waals surface area contributed by atoms with Crippen LogP contribution in [0.3, 0.4) is 0 Å². The van der Waals surface area contributed by atoms with Crippen LogP contribution in [-0.4, -0.2) is 49.3 Å². The minimum absolute atomic E-state index is 0.0322. The number of pyridine rings is 1. The molecular weight excluding hydrogens is 400 g/mol. The van der Waals surface area contributed by atoms with Crippen LogP contribution < -0.4 is 0 Å². The quantitative estimate of drug-likeness (QED) is 0.537. The number of benzene rings is 1. The monoisotopic (exact) mass is 421 g/mol. The van der Waals surface area contributed by atoms with E-state index in [2.05, 4.69) is 15.2 Å². The van der Waals surface area contributed by atoms with E-state index in [0.29, 0.717) is 0 Å². The lowest BCUT2D eigenvalue weighted by molar-refractivity contribution is 0.0359. The van der Waals surface area contributed by atoms with Gasteiger partial charge in [-0.3, -0.25) is 14.9 Å². The van der Waals surface area contributed by atoms with E-state index < -0.39 is 11.5 Å². The number of hydrogen-bond donors (Lipinski definition) is 1.